The molecule has 0 aliphatic heterocycles. The number of hydrogen-bond acceptors (Lipinski definition) is 1. The van der Waals surface area contributed by atoms with Gasteiger partial charge in [0.05, 0.1) is 5.02 Å². The molecule has 0 aliphatic rings. The van der Waals surface area contributed by atoms with Gasteiger partial charge in [0.1, 0.15) is 5.15 Å². The number of pyridine rings is 1. The van der Waals surface area contributed by atoms with Gasteiger partial charge in [-0.25, -0.2) is 4.98 Å². The van der Waals surface area contributed by atoms with Crippen molar-refractivity contribution in [3.8, 4) is 0 Å². The van der Waals surface area contributed by atoms with Crippen LogP contribution in [0.1, 0.15) is 12.6 Å². The van der Waals surface area contributed by atoms with Crippen LogP contribution in [0.2, 0.25) is 10.2 Å². The Balaban J connectivity index is 2.83. The average Bonchev–Trinajstić information content (AvgIpc) is 2.17. The zero-order valence-corrected chi connectivity index (χ0v) is 9.23. The molecular formula is C11H9Cl2N. The first kappa shape index (κ1) is 9.75. The summed E-state index contributed by atoms with van der Waals surface area (Å²) in [6.07, 6.45) is 0.877. The predicted molar refractivity (Wildman–Crippen MR) is 61.1 cm³/mol. The number of benzene rings is 1. The monoisotopic (exact) mass is 225 g/mol. The second kappa shape index (κ2) is 3.76. The molecule has 0 aliphatic carbocycles. The van der Waals surface area contributed by atoms with E-state index in [0.29, 0.717) is 10.2 Å². The Labute approximate surface area is 92.7 Å². The first-order valence-corrected chi connectivity index (χ1v) is 5.21. The Hall–Kier alpha value is -0.790. The Bertz CT molecular complexity index is 480. The van der Waals surface area contributed by atoms with E-state index in [1.54, 1.807) is 0 Å². The molecule has 0 atom stereocenters. The third-order valence-electron chi connectivity index (χ3n) is 2.18. The fourth-order valence-electron chi connectivity index (χ4n) is 1.45. The van der Waals surface area contributed by atoms with Crippen LogP contribution in [0.4, 0.5) is 0 Å². The maximum Gasteiger partial charge on any atom is 0.138 e. The SMILES string of the molecule is CCc1cc2cccc(Cl)c2c(Cl)n1. The fourth-order valence-corrected chi connectivity index (χ4v) is 2.09. The van der Waals surface area contributed by atoms with Gasteiger partial charge in [-0.05, 0) is 23.9 Å². The number of aryl methyl sites for hydroxylation is 1. The number of nitrogens with zero attached hydrogens (tertiary/aromatic N) is 1. The maximum absolute atomic E-state index is 6.05. The van der Waals surface area contributed by atoms with Gasteiger partial charge in [0.25, 0.3) is 0 Å². The van der Waals surface area contributed by atoms with Gasteiger partial charge in [0.15, 0.2) is 0 Å². The van der Waals surface area contributed by atoms with E-state index in [1.165, 1.54) is 0 Å². The number of halogens is 2. The minimum absolute atomic E-state index is 0.491. The largest absolute Gasteiger partial charge is 0.240 e. The van der Waals surface area contributed by atoms with E-state index in [-0.39, 0.29) is 0 Å². The lowest BCUT2D eigenvalue weighted by Gasteiger charge is -2.04. The van der Waals surface area contributed by atoms with Gasteiger partial charge >= 0.3 is 0 Å². The first-order valence-electron chi connectivity index (χ1n) is 4.46. The number of fused-ring (bicyclic) bond motifs is 1. The molecule has 2 aromatic rings. The molecule has 1 aromatic carbocycles. The molecule has 2 rings (SSSR count). The second-order valence-electron chi connectivity index (χ2n) is 3.10. The van der Waals surface area contributed by atoms with E-state index in [4.69, 9.17) is 23.2 Å². The van der Waals surface area contributed by atoms with Crippen LogP contribution in [0.3, 0.4) is 0 Å². The molecule has 0 amide bonds. The molecule has 0 saturated heterocycles. The van der Waals surface area contributed by atoms with Crippen LogP contribution >= 0.6 is 23.2 Å². The van der Waals surface area contributed by atoms with E-state index < -0.39 is 0 Å². The standard InChI is InChI=1S/C11H9Cl2N/c1-2-8-6-7-4-3-5-9(12)10(7)11(13)14-8/h3-6H,2H2,1H3. The van der Waals surface area contributed by atoms with Crippen LogP contribution in [-0.4, -0.2) is 4.98 Å². The molecule has 14 heavy (non-hydrogen) atoms. The summed E-state index contributed by atoms with van der Waals surface area (Å²) >= 11 is 12.1. The first-order chi connectivity index (χ1) is 6.72. The Morgan fingerprint density at radius 3 is 2.79 bits per heavy atom. The van der Waals surface area contributed by atoms with Gasteiger partial charge in [0, 0.05) is 11.1 Å². The van der Waals surface area contributed by atoms with Crippen molar-refractivity contribution < 1.29 is 0 Å². The van der Waals surface area contributed by atoms with E-state index in [1.807, 2.05) is 24.3 Å². The zero-order valence-electron chi connectivity index (χ0n) is 7.72. The average molecular weight is 226 g/mol. The highest BCUT2D eigenvalue weighted by Crippen LogP contribution is 2.29. The second-order valence-corrected chi connectivity index (χ2v) is 3.86. The van der Waals surface area contributed by atoms with Gasteiger partial charge in [-0.3, -0.25) is 0 Å². The Kier molecular flexibility index (Phi) is 2.62. The third-order valence-corrected chi connectivity index (χ3v) is 2.77. The molecule has 0 unspecified atom stereocenters. The third kappa shape index (κ3) is 1.58. The predicted octanol–water partition coefficient (Wildman–Crippen LogP) is 4.10. The van der Waals surface area contributed by atoms with Crippen molar-refractivity contribution >= 4 is 34.0 Å². The van der Waals surface area contributed by atoms with Crippen molar-refractivity contribution in [1.29, 1.82) is 0 Å². The summed E-state index contributed by atoms with van der Waals surface area (Å²) in [5.74, 6) is 0. The minimum Gasteiger partial charge on any atom is -0.240 e. The van der Waals surface area contributed by atoms with Crippen molar-refractivity contribution in [2.45, 2.75) is 13.3 Å². The van der Waals surface area contributed by atoms with Crippen LogP contribution < -0.4 is 0 Å². The van der Waals surface area contributed by atoms with Crippen LogP contribution in [0.25, 0.3) is 10.8 Å². The molecule has 0 spiro atoms. The highest BCUT2D eigenvalue weighted by Gasteiger charge is 2.05. The lowest BCUT2D eigenvalue weighted by molar-refractivity contribution is 1.05. The Morgan fingerprint density at radius 1 is 1.29 bits per heavy atom. The topological polar surface area (TPSA) is 12.9 Å². The molecule has 1 aromatic heterocycles. The quantitative estimate of drug-likeness (QED) is 0.667. The molecule has 0 fully saturated rings. The number of hydrogen-bond donors (Lipinski definition) is 0. The summed E-state index contributed by atoms with van der Waals surface area (Å²) in [7, 11) is 0. The smallest absolute Gasteiger partial charge is 0.138 e. The molecule has 0 N–H and O–H groups in total. The van der Waals surface area contributed by atoms with Crippen molar-refractivity contribution in [2.24, 2.45) is 0 Å². The fraction of sp³-hybridized carbons (Fsp3) is 0.182. The molecule has 3 heteroatoms. The van der Waals surface area contributed by atoms with E-state index >= 15 is 0 Å². The molecular weight excluding hydrogens is 217 g/mol. The molecule has 0 bridgehead atoms. The lowest BCUT2D eigenvalue weighted by atomic mass is 10.1. The Morgan fingerprint density at radius 2 is 2.07 bits per heavy atom. The van der Waals surface area contributed by atoms with Crippen LogP contribution in [0.15, 0.2) is 24.3 Å². The van der Waals surface area contributed by atoms with Crippen LogP contribution in [0.5, 0.6) is 0 Å². The van der Waals surface area contributed by atoms with Gasteiger partial charge in [-0.2, -0.15) is 0 Å². The van der Waals surface area contributed by atoms with Gasteiger partial charge in [0.2, 0.25) is 0 Å². The number of aromatic nitrogens is 1. The van der Waals surface area contributed by atoms with E-state index in [0.717, 1.165) is 22.9 Å². The highest BCUT2D eigenvalue weighted by molar-refractivity contribution is 6.41. The summed E-state index contributed by atoms with van der Waals surface area (Å²) in [5, 5.41) is 3.04. The number of rotatable bonds is 1. The molecule has 0 radical (unpaired) electrons. The van der Waals surface area contributed by atoms with Gasteiger partial charge < -0.3 is 0 Å². The summed E-state index contributed by atoms with van der Waals surface area (Å²) in [5.41, 5.74) is 0.991. The minimum atomic E-state index is 0.491. The molecule has 1 heterocycles. The molecule has 72 valence electrons. The van der Waals surface area contributed by atoms with Crippen molar-refractivity contribution in [3.63, 3.8) is 0 Å². The summed E-state index contributed by atoms with van der Waals surface area (Å²) in [6.45, 7) is 2.05. The van der Waals surface area contributed by atoms with Crippen molar-refractivity contribution in [1.82, 2.24) is 4.98 Å². The van der Waals surface area contributed by atoms with Crippen molar-refractivity contribution in [3.05, 3.63) is 40.1 Å². The van der Waals surface area contributed by atoms with Gasteiger partial charge in [-0.1, -0.05) is 42.3 Å². The molecule has 1 nitrogen and oxygen atoms in total. The van der Waals surface area contributed by atoms with E-state index in [2.05, 4.69) is 11.9 Å². The summed E-state index contributed by atoms with van der Waals surface area (Å²) in [6, 6.07) is 7.75. The van der Waals surface area contributed by atoms with Crippen LogP contribution in [0, 0.1) is 0 Å². The van der Waals surface area contributed by atoms with Gasteiger partial charge in [-0.15, -0.1) is 0 Å². The van der Waals surface area contributed by atoms with Crippen molar-refractivity contribution in [2.75, 3.05) is 0 Å². The molecule has 0 saturated carbocycles. The summed E-state index contributed by atoms with van der Waals surface area (Å²) < 4.78 is 0. The highest BCUT2D eigenvalue weighted by atomic mass is 35.5. The van der Waals surface area contributed by atoms with Crippen LogP contribution in [-0.2, 0) is 6.42 Å². The maximum atomic E-state index is 6.05. The summed E-state index contributed by atoms with van der Waals surface area (Å²) in [4.78, 5) is 4.26. The normalized spacial score (nSPS) is 10.8. The zero-order chi connectivity index (χ0) is 10.1. The van der Waals surface area contributed by atoms with E-state index in [9.17, 15) is 0 Å². The lowest BCUT2D eigenvalue weighted by Crippen LogP contribution is -1.89.